The molecule has 6 heteroatoms. The minimum atomic E-state index is -0.226. The van der Waals surface area contributed by atoms with Crippen LogP contribution in [0.3, 0.4) is 0 Å². The second-order valence-electron chi connectivity index (χ2n) is 5.78. The summed E-state index contributed by atoms with van der Waals surface area (Å²) < 4.78 is 2.06. The standard InChI is InChI=1S/C17H19N5O/c1-20-7-6-14(19)13-10-22(12-4-2-3-5-12)16-11(8-18)9-21-17(23)15(13)16/h6-7,9-10,12H,2-5,19H2,1H3,(H,21,23). The number of nitrogens with two attached hydrogens (primary N) is 1. The molecule has 0 aliphatic heterocycles. The Labute approximate surface area is 133 Å². The van der Waals surface area contributed by atoms with Crippen molar-refractivity contribution in [3.05, 3.63) is 40.0 Å². The Morgan fingerprint density at radius 1 is 1.52 bits per heavy atom. The maximum absolute atomic E-state index is 12.4. The molecule has 6 nitrogen and oxygen atoms in total. The fourth-order valence-electron chi connectivity index (χ4n) is 3.33. The van der Waals surface area contributed by atoms with Gasteiger partial charge in [-0.1, -0.05) is 12.8 Å². The van der Waals surface area contributed by atoms with Crippen LogP contribution in [0.2, 0.25) is 0 Å². The molecular weight excluding hydrogens is 290 g/mol. The molecule has 0 bridgehead atoms. The lowest BCUT2D eigenvalue weighted by molar-refractivity contribution is 0.535. The summed E-state index contributed by atoms with van der Waals surface area (Å²) in [5, 5.41) is 9.91. The molecule has 3 N–H and O–H groups in total. The highest BCUT2D eigenvalue weighted by Crippen LogP contribution is 2.35. The predicted molar refractivity (Wildman–Crippen MR) is 91.4 cm³/mol. The number of fused-ring (bicyclic) bond motifs is 1. The van der Waals surface area contributed by atoms with E-state index in [1.807, 2.05) is 6.20 Å². The van der Waals surface area contributed by atoms with Crippen molar-refractivity contribution in [3.63, 3.8) is 0 Å². The van der Waals surface area contributed by atoms with Crippen LogP contribution in [-0.4, -0.2) is 22.8 Å². The average molecular weight is 309 g/mol. The first-order chi connectivity index (χ1) is 11.2. The van der Waals surface area contributed by atoms with Crippen molar-refractivity contribution in [2.75, 3.05) is 7.05 Å². The summed E-state index contributed by atoms with van der Waals surface area (Å²) in [5.74, 6) is 0. The zero-order valence-electron chi connectivity index (χ0n) is 13.0. The monoisotopic (exact) mass is 309 g/mol. The number of nitrogens with zero attached hydrogens (tertiary/aromatic N) is 3. The van der Waals surface area contributed by atoms with Gasteiger partial charge < -0.3 is 15.3 Å². The molecule has 2 aromatic rings. The Balaban J connectivity index is 2.34. The van der Waals surface area contributed by atoms with Crippen LogP contribution in [0.5, 0.6) is 0 Å². The summed E-state index contributed by atoms with van der Waals surface area (Å²) in [7, 11) is 1.66. The zero-order valence-corrected chi connectivity index (χ0v) is 13.0. The third-order valence-electron chi connectivity index (χ3n) is 4.42. The van der Waals surface area contributed by atoms with Crippen molar-refractivity contribution < 1.29 is 0 Å². The van der Waals surface area contributed by atoms with Gasteiger partial charge in [0.2, 0.25) is 0 Å². The molecule has 0 spiro atoms. The lowest BCUT2D eigenvalue weighted by Gasteiger charge is -2.13. The van der Waals surface area contributed by atoms with Gasteiger partial charge in [-0.2, -0.15) is 5.26 Å². The molecule has 1 saturated carbocycles. The molecule has 3 rings (SSSR count). The average Bonchev–Trinajstić information content (AvgIpc) is 3.20. The van der Waals surface area contributed by atoms with E-state index in [1.165, 1.54) is 19.0 Å². The molecular formula is C17H19N5O. The Morgan fingerprint density at radius 3 is 2.91 bits per heavy atom. The van der Waals surface area contributed by atoms with E-state index in [-0.39, 0.29) is 5.56 Å². The Morgan fingerprint density at radius 2 is 2.26 bits per heavy atom. The number of aliphatic imine (C=N–C) groups is 1. The van der Waals surface area contributed by atoms with Crippen LogP contribution in [0.4, 0.5) is 0 Å². The van der Waals surface area contributed by atoms with E-state index >= 15 is 0 Å². The highest BCUT2D eigenvalue weighted by Gasteiger charge is 2.24. The molecule has 1 aliphatic rings. The number of pyridine rings is 1. The summed E-state index contributed by atoms with van der Waals surface area (Å²) in [6.07, 6.45) is 11.1. The maximum Gasteiger partial charge on any atom is 0.258 e. The topological polar surface area (TPSA) is 100.0 Å². The van der Waals surface area contributed by atoms with Crippen LogP contribution in [-0.2, 0) is 0 Å². The van der Waals surface area contributed by atoms with E-state index in [2.05, 4.69) is 20.6 Å². The van der Waals surface area contributed by atoms with Crippen molar-refractivity contribution in [2.45, 2.75) is 31.7 Å². The molecule has 0 atom stereocenters. The van der Waals surface area contributed by atoms with Gasteiger partial charge in [-0.15, -0.1) is 0 Å². The second kappa shape index (κ2) is 6.13. The van der Waals surface area contributed by atoms with E-state index in [4.69, 9.17) is 5.73 Å². The lowest BCUT2D eigenvalue weighted by atomic mass is 10.1. The number of nitriles is 1. The molecule has 0 radical (unpaired) electrons. The van der Waals surface area contributed by atoms with E-state index in [1.54, 1.807) is 19.3 Å². The van der Waals surface area contributed by atoms with Crippen LogP contribution in [0.15, 0.2) is 28.3 Å². The van der Waals surface area contributed by atoms with Crippen molar-refractivity contribution in [2.24, 2.45) is 10.7 Å². The van der Waals surface area contributed by atoms with Gasteiger partial charge in [-0.25, -0.2) is 0 Å². The first-order valence-corrected chi connectivity index (χ1v) is 7.72. The second-order valence-corrected chi connectivity index (χ2v) is 5.78. The van der Waals surface area contributed by atoms with Crippen molar-refractivity contribution >= 4 is 22.8 Å². The molecule has 0 saturated heterocycles. The van der Waals surface area contributed by atoms with Crippen LogP contribution < -0.4 is 11.3 Å². The summed E-state index contributed by atoms with van der Waals surface area (Å²) in [5.41, 5.74) is 8.19. The summed E-state index contributed by atoms with van der Waals surface area (Å²) in [4.78, 5) is 18.9. The molecule has 2 heterocycles. The molecule has 1 aliphatic carbocycles. The van der Waals surface area contributed by atoms with Crippen LogP contribution >= 0.6 is 0 Å². The molecule has 0 unspecified atom stereocenters. The van der Waals surface area contributed by atoms with Crippen molar-refractivity contribution in [3.8, 4) is 6.07 Å². The quantitative estimate of drug-likeness (QED) is 0.851. The predicted octanol–water partition coefficient (Wildman–Crippen LogP) is 2.32. The van der Waals surface area contributed by atoms with Crippen LogP contribution in [0, 0.1) is 11.3 Å². The number of rotatable bonds is 3. The highest BCUT2D eigenvalue weighted by atomic mass is 16.1. The lowest BCUT2D eigenvalue weighted by Crippen LogP contribution is -2.10. The van der Waals surface area contributed by atoms with Gasteiger partial charge in [0.25, 0.3) is 5.56 Å². The number of hydrogen-bond acceptors (Lipinski definition) is 4. The smallest absolute Gasteiger partial charge is 0.258 e. The largest absolute Gasteiger partial charge is 0.398 e. The Bertz CT molecular complexity index is 888. The fourth-order valence-corrected chi connectivity index (χ4v) is 3.33. The normalized spacial score (nSPS) is 16.4. The summed E-state index contributed by atoms with van der Waals surface area (Å²) >= 11 is 0. The summed E-state index contributed by atoms with van der Waals surface area (Å²) in [6.45, 7) is 0. The Hall–Kier alpha value is -2.81. The van der Waals surface area contributed by atoms with Gasteiger partial charge in [0.15, 0.2) is 0 Å². The van der Waals surface area contributed by atoms with E-state index < -0.39 is 0 Å². The first kappa shape index (κ1) is 15.1. The van der Waals surface area contributed by atoms with E-state index in [9.17, 15) is 10.1 Å². The van der Waals surface area contributed by atoms with E-state index in [0.717, 1.165) is 12.8 Å². The molecule has 23 heavy (non-hydrogen) atoms. The molecule has 0 amide bonds. The third-order valence-corrected chi connectivity index (χ3v) is 4.42. The van der Waals surface area contributed by atoms with Gasteiger partial charge in [-0.05, 0) is 18.9 Å². The highest BCUT2D eigenvalue weighted by molar-refractivity contribution is 5.97. The molecule has 0 aromatic carbocycles. The van der Waals surface area contributed by atoms with Crippen molar-refractivity contribution in [1.29, 1.82) is 5.26 Å². The Kier molecular flexibility index (Phi) is 4.02. The van der Waals surface area contributed by atoms with Crippen molar-refractivity contribution in [1.82, 2.24) is 9.55 Å². The number of aromatic nitrogens is 2. The minimum Gasteiger partial charge on any atom is -0.398 e. The molecule has 1 fully saturated rings. The zero-order chi connectivity index (χ0) is 16.4. The molecule has 118 valence electrons. The van der Waals surface area contributed by atoms with Gasteiger partial charge in [0.05, 0.1) is 16.5 Å². The number of aromatic amines is 1. The van der Waals surface area contributed by atoms with Gasteiger partial charge in [-0.3, -0.25) is 9.79 Å². The third kappa shape index (κ3) is 2.55. The van der Waals surface area contributed by atoms with Crippen LogP contribution in [0.1, 0.15) is 42.9 Å². The number of allylic oxidation sites excluding steroid dienone is 1. The van der Waals surface area contributed by atoms with Gasteiger partial charge in [0.1, 0.15) is 6.07 Å². The maximum atomic E-state index is 12.4. The minimum absolute atomic E-state index is 0.226. The first-order valence-electron chi connectivity index (χ1n) is 7.72. The van der Waals surface area contributed by atoms with Gasteiger partial charge in [0, 0.05) is 43.0 Å². The number of nitrogens with one attached hydrogen (secondary N) is 1. The fraction of sp³-hybridized carbons (Fsp3) is 0.353. The summed E-state index contributed by atoms with van der Waals surface area (Å²) in [6, 6.07) is 2.49. The van der Waals surface area contributed by atoms with Crippen LogP contribution in [0.25, 0.3) is 16.6 Å². The van der Waals surface area contributed by atoms with E-state index in [0.29, 0.717) is 33.8 Å². The van der Waals surface area contributed by atoms with Gasteiger partial charge >= 0.3 is 0 Å². The molecule has 2 aromatic heterocycles. The SMILES string of the molecule is CN=CC=C(N)c1cn(C2CCCC2)c2c(C#N)c[nH]c(=O)c12. The number of H-pyrrole nitrogens is 1. The number of hydrogen-bond donors (Lipinski definition) is 2.